The molecule has 0 atom stereocenters. The van der Waals surface area contributed by atoms with Gasteiger partial charge in [0.1, 0.15) is 0 Å². The van der Waals surface area contributed by atoms with Gasteiger partial charge in [-0.15, -0.1) is 0 Å². The van der Waals surface area contributed by atoms with Crippen molar-refractivity contribution in [1.29, 1.82) is 0 Å². The summed E-state index contributed by atoms with van der Waals surface area (Å²) in [4.78, 5) is 0. The zero-order valence-electron chi connectivity index (χ0n) is 9.22. The van der Waals surface area contributed by atoms with Gasteiger partial charge in [0.05, 0.1) is 6.26 Å². The molecule has 0 radical (unpaired) electrons. The minimum atomic E-state index is 0.823. The van der Waals surface area contributed by atoms with E-state index in [1.54, 1.807) is 0 Å². The standard InChI is InChI=1S/C11H24OSi/c1-2-3-4-5-6-7-8-9-10-11-12-13/h10-11H,2-9H2,1,13H3. The average Bonchev–Trinajstić information content (AvgIpc) is 2.16. The van der Waals surface area contributed by atoms with Crippen molar-refractivity contribution in [3.63, 3.8) is 0 Å². The van der Waals surface area contributed by atoms with Crippen molar-refractivity contribution in [3.8, 4) is 0 Å². The Labute approximate surface area is 86.1 Å². The summed E-state index contributed by atoms with van der Waals surface area (Å²) in [6.07, 6.45) is 14.9. The SMILES string of the molecule is CCCCCCCCCC=CO[SiH3]. The first-order valence-corrected chi connectivity index (χ1v) is 6.41. The molecule has 0 rings (SSSR count). The first kappa shape index (κ1) is 12.8. The van der Waals surface area contributed by atoms with E-state index in [1.807, 2.05) is 6.26 Å². The van der Waals surface area contributed by atoms with Gasteiger partial charge in [-0.25, -0.2) is 0 Å². The van der Waals surface area contributed by atoms with Gasteiger partial charge in [0.15, 0.2) is 0 Å². The Morgan fingerprint density at radius 2 is 1.62 bits per heavy atom. The number of allylic oxidation sites excluding steroid dienone is 1. The van der Waals surface area contributed by atoms with Crippen LogP contribution in [-0.2, 0) is 4.43 Å². The lowest BCUT2D eigenvalue weighted by Gasteiger charge is -1.98. The van der Waals surface area contributed by atoms with Crippen molar-refractivity contribution < 1.29 is 4.43 Å². The highest BCUT2D eigenvalue weighted by Gasteiger charge is 1.88. The molecule has 2 heteroatoms. The molecule has 0 aromatic rings. The normalized spacial score (nSPS) is 11.2. The quantitative estimate of drug-likeness (QED) is 0.316. The van der Waals surface area contributed by atoms with E-state index in [1.165, 1.54) is 51.4 Å². The summed E-state index contributed by atoms with van der Waals surface area (Å²) in [5.74, 6) is 0. The Hall–Kier alpha value is -0.243. The van der Waals surface area contributed by atoms with Crippen LogP contribution in [0.25, 0.3) is 0 Å². The van der Waals surface area contributed by atoms with Crippen LogP contribution in [0, 0.1) is 0 Å². The molecule has 0 aliphatic carbocycles. The van der Waals surface area contributed by atoms with Crippen LogP contribution >= 0.6 is 0 Å². The fraction of sp³-hybridized carbons (Fsp3) is 0.818. The molecule has 78 valence electrons. The second kappa shape index (κ2) is 11.8. The maximum Gasteiger partial charge on any atom is 0.203 e. The smallest absolute Gasteiger partial charge is 0.203 e. The highest BCUT2D eigenvalue weighted by molar-refractivity contribution is 5.98. The van der Waals surface area contributed by atoms with Gasteiger partial charge in [-0.05, 0) is 12.8 Å². The molecule has 0 N–H and O–H groups in total. The second-order valence-electron chi connectivity index (χ2n) is 3.52. The highest BCUT2D eigenvalue weighted by Crippen LogP contribution is 2.08. The van der Waals surface area contributed by atoms with Crippen molar-refractivity contribution >= 4 is 10.5 Å². The summed E-state index contributed by atoms with van der Waals surface area (Å²) in [6.45, 7) is 2.26. The van der Waals surface area contributed by atoms with Crippen LogP contribution in [0.1, 0.15) is 58.3 Å². The zero-order valence-corrected chi connectivity index (χ0v) is 11.2. The molecule has 0 amide bonds. The van der Waals surface area contributed by atoms with Gasteiger partial charge in [-0.3, -0.25) is 0 Å². The lowest BCUT2D eigenvalue weighted by Crippen LogP contribution is -1.79. The van der Waals surface area contributed by atoms with Crippen molar-refractivity contribution in [2.24, 2.45) is 0 Å². The van der Waals surface area contributed by atoms with Gasteiger partial charge in [-0.2, -0.15) is 0 Å². The van der Waals surface area contributed by atoms with E-state index in [0.29, 0.717) is 0 Å². The van der Waals surface area contributed by atoms with Crippen LogP contribution in [0.5, 0.6) is 0 Å². The summed E-state index contributed by atoms with van der Waals surface area (Å²) < 4.78 is 4.96. The van der Waals surface area contributed by atoms with Gasteiger partial charge < -0.3 is 4.43 Å². The van der Waals surface area contributed by atoms with E-state index < -0.39 is 0 Å². The topological polar surface area (TPSA) is 9.23 Å². The molecule has 0 unspecified atom stereocenters. The third-order valence-corrected chi connectivity index (χ3v) is 2.48. The summed E-state index contributed by atoms with van der Waals surface area (Å²) in [5.41, 5.74) is 0. The van der Waals surface area contributed by atoms with Crippen LogP contribution < -0.4 is 0 Å². The third-order valence-electron chi connectivity index (χ3n) is 2.21. The van der Waals surface area contributed by atoms with Gasteiger partial charge in [0, 0.05) is 0 Å². The predicted molar refractivity (Wildman–Crippen MR) is 62.8 cm³/mol. The molecule has 0 heterocycles. The molecular weight excluding hydrogens is 176 g/mol. The van der Waals surface area contributed by atoms with Crippen molar-refractivity contribution in [3.05, 3.63) is 12.3 Å². The molecule has 0 fully saturated rings. The zero-order chi connectivity index (χ0) is 9.78. The summed E-state index contributed by atoms with van der Waals surface area (Å²) in [6, 6.07) is 0. The lowest BCUT2D eigenvalue weighted by molar-refractivity contribution is 0.528. The Bertz CT molecular complexity index is 113. The first-order valence-electron chi connectivity index (χ1n) is 5.59. The predicted octanol–water partition coefficient (Wildman–Crippen LogP) is 2.94. The first-order chi connectivity index (χ1) is 6.41. The molecule has 0 aliphatic rings. The van der Waals surface area contributed by atoms with E-state index in [0.717, 1.165) is 10.5 Å². The molecule has 0 aromatic carbocycles. The summed E-state index contributed by atoms with van der Waals surface area (Å²) >= 11 is 0. The van der Waals surface area contributed by atoms with Crippen LogP contribution in [0.15, 0.2) is 12.3 Å². The minimum Gasteiger partial charge on any atom is -0.559 e. The highest BCUT2D eigenvalue weighted by atomic mass is 28.2. The lowest BCUT2D eigenvalue weighted by atomic mass is 10.1. The Kier molecular flexibility index (Phi) is 11.5. The Morgan fingerprint density at radius 3 is 2.23 bits per heavy atom. The van der Waals surface area contributed by atoms with Crippen molar-refractivity contribution in [2.45, 2.75) is 58.3 Å². The summed E-state index contributed by atoms with van der Waals surface area (Å²) in [5, 5.41) is 0. The van der Waals surface area contributed by atoms with Gasteiger partial charge in [-0.1, -0.05) is 51.5 Å². The van der Waals surface area contributed by atoms with E-state index in [-0.39, 0.29) is 0 Å². The molecule has 0 spiro atoms. The fourth-order valence-electron chi connectivity index (χ4n) is 1.38. The van der Waals surface area contributed by atoms with Crippen LogP contribution in [0.4, 0.5) is 0 Å². The number of hydrogen-bond acceptors (Lipinski definition) is 1. The molecule has 0 aromatic heterocycles. The van der Waals surface area contributed by atoms with Gasteiger partial charge in [0.25, 0.3) is 0 Å². The molecule has 13 heavy (non-hydrogen) atoms. The number of rotatable bonds is 9. The maximum atomic E-state index is 4.96. The van der Waals surface area contributed by atoms with Crippen molar-refractivity contribution in [2.75, 3.05) is 0 Å². The molecule has 0 saturated heterocycles. The number of hydrogen-bond donors (Lipinski definition) is 0. The Balaban J connectivity index is 2.87. The molecule has 1 nitrogen and oxygen atoms in total. The number of unbranched alkanes of at least 4 members (excludes halogenated alkanes) is 7. The third kappa shape index (κ3) is 11.8. The molecule has 0 bridgehead atoms. The second-order valence-corrected chi connectivity index (χ2v) is 3.99. The van der Waals surface area contributed by atoms with Crippen molar-refractivity contribution in [1.82, 2.24) is 0 Å². The van der Waals surface area contributed by atoms with Crippen LogP contribution in [-0.4, -0.2) is 10.5 Å². The molecule has 0 saturated carbocycles. The van der Waals surface area contributed by atoms with E-state index in [2.05, 4.69) is 13.0 Å². The van der Waals surface area contributed by atoms with Crippen LogP contribution in [0.2, 0.25) is 0 Å². The molecule has 0 aliphatic heterocycles. The van der Waals surface area contributed by atoms with Crippen LogP contribution in [0.3, 0.4) is 0 Å². The summed E-state index contributed by atoms with van der Waals surface area (Å²) in [7, 11) is 0.823. The van der Waals surface area contributed by atoms with E-state index >= 15 is 0 Å². The fourth-order valence-corrected chi connectivity index (χ4v) is 1.58. The Morgan fingerprint density at radius 1 is 1.00 bits per heavy atom. The van der Waals surface area contributed by atoms with Gasteiger partial charge in [0.2, 0.25) is 10.5 Å². The largest absolute Gasteiger partial charge is 0.559 e. The average molecular weight is 200 g/mol. The minimum absolute atomic E-state index is 0.823. The maximum absolute atomic E-state index is 4.96. The monoisotopic (exact) mass is 200 g/mol. The van der Waals surface area contributed by atoms with E-state index in [4.69, 9.17) is 4.43 Å². The van der Waals surface area contributed by atoms with E-state index in [9.17, 15) is 0 Å². The van der Waals surface area contributed by atoms with Gasteiger partial charge >= 0.3 is 0 Å². The molecular formula is C11H24OSi.